The highest BCUT2D eigenvalue weighted by atomic mass is 35.5. The number of ether oxygens (including phenoxy) is 2. The monoisotopic (exact) mass is 426 g/mol. The molecule has 0 bridgehead atoms. The molecule has 3 rings (SSSR count). The van der Waals surface area contributed by atoms with Crippen LogP contribution in [-0.2, 0) is 6.54 Å². The van der Waals surface area contributed by atoms with Crippen LogP contribution in [0.4, 0.5) is 0 Å². The van der Waals surface area contributed by atoms with Gasteiger partial charge in [0.1, 0.15) is 16.7 Å². The van der Waals surface area contributed by atoms with Gasteiger partial charge in [-0.1, -0.05) is 41.7 Å². The fourth-order valence-electron chi connectivity index (χ4n) is 2.99. The summed E-state index contributed by atoms with van der Waals surface area (Å²) in [5, 5.41) is 1.55. The zero-order chi connectivity index (χ0) is 19.7. The Balaban J connectivity index is 2.44. The van der Waals surface area contributed by atoms with Gasteiger partial charge in [0.25, 0.3) is 5.56 Å². The lowest BCUT2D eigenvalue weighted by Crippen LogP contribution is -2.22. The number of aryl methyl sites for hydroxylation is 1. The molecule has 2 heterocycles. The first-order chi connectivity index (χ1) is 12.9. The Labute approximate surface area is 171 Å². The largest absolute Gasteiger partial charge is 0.495 e. The maximum absolute atomic E-state index is 13.3. The summed E-state index contributed by atoms with van der Waals surface area (Å²) in [6, 6.07) is 4.97. The van der Waals surface area contributed by atoms with Gasteiger partial charge in [0.15, 0.2) is 0 Å². The maximum Gasteiger partial charge on any atom is 0.259 e. The van der Waals surface area contributed by atoms with Crippen molar-refractivity contribution in [1.29, 1.82) is 0 Å². The molecule has 0 unspecified atom stereocenters. The van der Waals surface area contributed by atoms with Gasteiger partial charge in [-0.05, 0) is 18.6 Å². The number of aromatic nitrogens is 2. The smallest absolute Gasteiger partial charge is 0.259 e. The Morgan fingerprint density at radius 3 is 2.22 bits per heavy atom. The van der Waals surface area contributed by atoms with Crippen LogP contribution < -0.4 is 15.0 Å². The lowest BCUT2D eigenvalue weighted by molar-refractivity contribution is 0.395. The average Bonchev–Trinajstić information content (AvgIpc) is 2.65. The predicted octanol–water partition coefficient (Wildman–Crippen LogP) is 5.45. The molecule has 0 spiro atoms. The quantitative estimate of drug-likeness (QED) is 0.508. The van der Waals surface area contributed by atoms with Crippen molar-refractivity contribution in [2.75, 3.05) is 14.2 Å². The van der Waals surface area contributed by atoms with Gasteiger partial charge < -0.3 is 14.0 Å². The van der Waals surface area contributed by atoms with Crippen LogP contribution in [0.15, 0.2) is 29.2 Å². The molecule has 8 heteroatoms. The Bertz CT molecular complexity index is 1050. The molecular weight excluding hydrogens is 411 g/mol. The average molecular weight is 428 g/mol. The Hall–Kier alpha value is -1.95. The highest BCUT2D eigenvalue weighted by Gasteiger charge is 2.22. The fourth-order valence-corrected chi connectivity index (χ4v) is 3.85. The van der Waals surface area contributed by atoms with Gasteiger partial charge in [0.05, 0.1) is 35.3 Å². The Morgan fingerprint density at radius 1 is 1.04 bits per heavy atom. The molecule has 0 saturated heterocycles. The zero-order valence-corrected chi connectivity index (χ0v) is 17.2. The maximum atomic E-state index is 13.3. The fraction of sp³-hybridized carbons (Fsp3) is 0.263. The van der Waals surface area contributed by atoms with Crippen LogP contribution in [0.2, 0.25) is 15.2 Å². The van der Waals surface area contributed by atoms with Crippen LogP contribution in [0.25, 0.3) is 22.0 Å². The van der Waals surface area contributed by atoms with Crippen LogP contribution in [0.5, 0.6) is 11.5 Å². The molecule has 3 aromatic rings. The summed E-state index contributed by atoms with van der Waals surface area (Å²) in [7, 11) is 2.97. The number of nitrogens with zero attached hydrogens (tertiary/aromatic N) is 2. The molecule has 0 fully saturated rings. The molecule has 1 aromatic carbocycles. The van der Waals surface area contributed by atoms with Gasteiger partial charge >= 0.3 is 0 Å². The molecule has 0 radical (unpaired) electrons. The van der Waals surface area contributed by atoms with E-state index in [1.54, 1.807) is 29.0 Å². The summed E-state index contributed by atoms with van der Waals surface area (Å²) < 4.78 is 12.3. The molecule has 0 atom stereocenters. The van der Waals surface area contributed by atoms with Crippen LogP contribution in [0.1, 0.15) is 13.3 Å². The van der Waals surface area contributed by atoms with Gasteiger partial charge in [0, 0.05) is 29.8 Å². The third-order valence-electron chi connectivity index (χ3n) is 4.23. The molecule has 0 aliphatic rings. The van der Waals surface area contributed by atoms with Crippen molar-refractivity contribution in [3.63, 3.8) is 0 Å². The number of hydrogen-bond acceptors (Lipinski definition) is 4. The van der Waals surface area contributed by atoms with Gasteiger partial charge in [-0.2, -0.15) is 0 Å². The molecule has 0 amide bonds. The highest BCUT2D eigenvalue weighted by Crippen LogP contribution is 2.45. The Morgan fingerprint density at radius 2 is 1.67 bits per heavy atom. The number of hydrogen-bond donors (Lipinski definition) is 0. The SMILES string of the molecule is CCCn1c(=O)c(-c2c(Cl)c(OC)cc(OC)c2Cl)cc2cnc(Cl)cc21. The first-order valence-electron chi connectivity index (χ1n) is 8.22. The zero-order valence-electron chi connectivity index (χ0n) is 15.0. The summed E-state index contributed by atoms with van der Waals surface area (Å²) in [4.78, 5) is 17.4. The van der Waals surface area contributed by atoms with Gasteiger partial charge in [-0.25, -0.2) is 4.98 Å². The molecule has 0 saturated carbocycles. The number of pyridine rings is 2. The van der Waals surface area contributed by atoms with E-state index >= 15 is 0 Å². The van der Waals surface area contributed by atoms with Crippen molar-refractivity contribution >= 4 is 45.7 Å². The summed E-state index contributed by atoms with van der Waals surface area (Å²) in [6.45, 7) is 2.50. The number of methoxy groups -OCH3 is 2. The first-order valence-corrected chi connectivity index (χ1v) is 9.35. The Kier molecular flexibility index (Phi) is 5.84. The van der Waals surface area contributed by atoms with Crippen molar-refractivity contribution in [3.05, 3.63) is 49.9 Å². The number of fused-ring (bicyclic) bond motifs is 1. The van der Waals surface area contributed by atoms with Crippen molar-refractivity contribution in [3.8, 4) is 22.6 Å². The second-order valence-corrected chi connectivity index (χ2v) is 7.01. The minimum absolute atomic E-state index is 0.231. The molecule has 0 N–H and O–H groups in total. The first kappa shape index (κ1) is 19.8. The van der Waals surface area contributed by atoms with Crippen LogP contribution >= 0.6 is 34.8 Å². The predicted molar refractivity (Wildman–Crippen MR) is 110 cm³/mol. The standard InChI is InChI=1S/C19H17Cl3N2O3/c1-4-5-24-12-7-15(20)23-9-10(12)6-11(19(24)25)16-17(21)13(26-2)8-14(27-3)18(16)22/h6-9H,4-5H2,1-3H3. The van der Waals surface area contributed by atoms with Crippen molar-refractivity contribution in [2.45, 2.75) is 19.9 Å². The molecule has 5 nitrogen and oxygen atoms in total. The molecule has 0 aliphatic heterocycles. The van der Waals surface area contributed by atoms with Crippen molar-refractivity contribution < 1.29 is 9.47 Å². The second kappa shape index (κ2) is 7.97. The molecule has 27 heavy (non-hydrogen) atoms. The lowest BCUT2D eigenvalue weighted by Gasteiger charge is -2.17. The second-order valence-electron chi connectivity index (χ2n) is 5.86. The van der Waals surface area contributed by atoms with E-state index in [4.69, 9.17) is 44.3 Å². The third-order valence-corrected chi connectivity index (χ3v) is 5.19. The van der Waals surface area contributed by atoms with Crippen LogP contribution in [0.3, 0.4) is 0 Å². The summed E-state index contributed by atoms with van der Waals surface area (Å²) in [5.41, 5.74) is 1.17. The van der Waals surface area contributed by atoms with E-state index in [0.29, 0.717) is 39.8 Å². The van der Waals surface area contributed by atoms with E-state index in [1.807, 2.05) is 6.92 Å². The summed E-state index contributed by atoms with van der Waals surface area (Å²) in [5.74, 6) is 0.729. The van der Waals surface area contributed by atoms with E-state index < -0.39 is 0 Å². The minimum Gasteiger partial charge on any atom is -0.495 e. The molecular formula is C19H17Cl3N2O3. The van der Waals surface area contributed by atoms with E-state index in [2.05, 4.69) is 4.98 Å². The normalized spacial score (nSPS) is 11.0. The topological polar surface area (TPSA) is 53.4 Å². The number of rotatable bonds is 5. The third kappa shape index (κ3) is 3.47. The lowest BCUT2D eigenvalue weighted by atomic mass is 10.0. The molecule has 0 aliphatic carbocycles. The van der Waals surface area contributed by atoms with Gasteiger partial charge in [0.2, 0.25) is 0 Å². The van der Waals surface area contributed by atoms with E-state index in [1.165, 1.54) is 14.2 Å². The van der Waals surface area contributed by atoms with Gasteiger partial charge in [-0.3, -0.25) is 4.79 Å². The highest BCUT2D eigenvalue weighted by molar-refractivity contribution is 6.41. The van der Waals surface area contributed by atoms with Crippen LogP contribution in [-0.4, -0.2) is 23.8 Å². The van der Waals surface area contributed by atoms with E-state index in [-0.39, 0.29) is 15.6 Å². The van der Waals surface area contributed by atoms with Crippen molar-refractivity contribution in [2.24, 2.45) is 0 Å². The minimum atomic E-state index is -0.231. The number of halogens is 3. The van der Waals surface area contributed by atoms with Gasteiger partial charge in [-0.15, -0.1) is 0 Å². The number of benzene rings is 1. The summed E-state index contributed by atoms with van der Waals surface area (Å²) in [6.07, 6.45) is 2.38. The van der Waals surface area contributed by atoms with E-state index in [0.717, 1.165) is 11.8 Å². The van der Waals surface area contributed by atoms with Crippen LogP contribution in [0, 0.1) is 0 Å². The molecule has 142 valence electrons. The molecule has 2 aromatic heterocycles. The summed E-state index contributed by atoms with van der Waals surface area (Å²) >= 11 is 19.0. The van der Waals surface area contributed by atoms with E-state index in [9.17, 15) is 4.79 Å². The van der Waals surface area contributed by atoms with Crippen molar-refractivity contribution in [1.82, 2.24) is 9.55 Å².